The smallest absolute Gasteiger partial charge is 0.192 e. The van der Waals surface area contributed by atoms with Gasteiger partial charge in [0, 0.05) is 26.7 Å². The van der Waals surface area contributed by atoms with E-state index in [4.69, 9.17) is 18.6 Å². The molecule has 5 atom stereocenters. The molecule has 0 fully saturated rings. The Morgan fingerprint density at radius 2 is 1.69 bits per heavy atom. The van der Waals surface area contributed by atoms with Crippen molar-refractivity contribution in [2.75, 3.05) is 27.6 Å². The van der Waals surface area contributed by atoms with Crippen molar-refractivity contribution in [1.82, 2.24) is 0 Å². The molecule has 0 amide bonds. The average molecular weight is 471 g/mol. The molecular formula is C26H50O5Si. The van der Waals surface area contributed by atoms with Crippen molar-refractivity contribution in [1.29, 1.82) is 0 Å². The lowest BCUT2D eigenvalue weighted by molar-refractivity contribution is -0.137. The Bertz CT molecular complexity index is 536. The number of ether oxygens (including phenoxy) is 3. The van der Waals surface area contributed by atoms with Gasteiger partial charge >= 0.3 is 0 Å². The molecule has 188 valence electrons. The highest BCUT2D eigenvalue weighted by atomic mass is 28.4. The fourth-order valence-corrected chi connectivity index (χ4v) is 7.05. The number of hydrogen-bond acceptors (Lipinski definition) is 5. The maximum atomic E-state index is 9.61. The first-order chi connectivity index (χ1) is 15.3. The van der Waals surface area contributed by atoms with Crippen LogP contribution in [0.2, 0.25) is 18.1 Å². The molecule has 6 heteroatoms. The molecule has 0 saturated carbocycles. The number of unbranched alkanes of at least 4 members (excludes halogenated alkanes) is 1. The minimum Gasteiger partial charge on any atom is -0.410 e. The predicted octanol–water partition coefficient (Wildman–Crippen LogP) is 6.11. The van der Waals surface area contributed by atoms with Crippen LogP contribution in [0.25, 0.3) is 0 Å². The highest BCUT2D eigenvalue weighted by Gasteiger charge is 2.39. The standard InChI is InChI=1S/C26H50O5Si/c1-10-14-15-16-17-24(29-9)26(30-20-28-8)23(7)25(22(6)18-21(5)19-27)31-32(11-2,12-3)13-4/h10,16-18,21,23-27H,1,11-15,19-20H2,2-9H3/b17-16+,22-18+/t21-,23+,24?,25+,26-/m0/s1. The number of aliphatic hydroxyl groups excluding tert-OH is 1. The van der Waals surface area contributed by atoms with E-state index in [1.807, 2.05) is 13.0 Å². The molecule has 0 radical (unpaired) electrons. The summed E-state index contributed by atoms with van der Waals surface area (Å²) in [6.07, 6.45) is 9.52. The first-order valence-electron chi connectivity index (χ1n) is 12.2. The molecule has 1 unspecified atom stereocenters. The van der Waals surface area contributed by atoms with Crippen molar-refractivity contribution in [3.63, 3.8) is 0 Å². The topological polar surface area (TPSA) is 57.2 Å². The van der Waals surface area contributed by atoms with Crippen molar-refractivity contribution in [2.24, 2.45) is 11.8 Å². The lowest BCUT2D eigenvalue weighted by Gasteiger charge is -2.40. The van der Waals surface area contributed by atoms with Gasteiger partial charge in [0.2, 0.25) is 0 Å². The normalized spacial score (nSPS) is 17.8. The van der Waals surface area contributed by atoms with Gasteiger partial charge in [0.1, 0.15) is 12.9 Å². The summed E-state index contributed by atoms with van der Waals surface area (Å²) in [4.78, 5) is 0. The Balaban J connectivity index is 6.13. The minimum atomic E-state index is -1.89. The van der Waals surface area contributed by atoms with Gasteiger partial charge < -0.3 is 23.7 Å². The summed E-state index contributed by atoms with van der Waals surface area (Å²) in [6, 6.07) is 3.22. The van der Waals surface area contributed by atoms with E-state index in [1.54, 1.807) is 14.2 Å². The maximum absolute atomic E-state index is 9.61. The van der Waals surface area contributed by atoms with Gasteiger partial charge in [-0.2, -0.15) is 0 Å². The molecule has 32 heavy (non-hydrogen) atoms. The van der Waals surface area contributed by atoms with Gasteiger partial charge in [-0.05, 0) is 49.4 Å². The number of methoxy groups -OCH3 is 2. The summed E-state index contributed by atoms with van der Waals surface area (Å²) in [5, 5.41) is 9.61. The van der Waals surface area contributed by atoms with Crippen LogP contribution < -0.4 is 0 Å². The van der Waals surface area contributed by atoms with Gasteiger partial charge in [-0.25, -0.2) is 0 Å². The van der Waals surface area contributed by atoms with Crippen LogP contribution in [0.15, 0.2) is 36.5 Å². The molecule has 0 spiro atoms. The van der Waals surface area contributed by atoms with E-state index in [0.29, 0.717) is 0 Å². The lowest BCUT2D eigenvalue weighted by Crippen LogP contribution is -2.48. The molecule has 0 heterocycles. The van der Waals surface area contributed by atoms with Gasteiger partial charge in [0.05, 0.1) is 12.2 Å². The Morgan fingerprint density at radius 1 is 1.06 bits per heavy atom. The third-order valence-corrected chi connectivity index (χ3v) is 11.0. The minimum absolute atomic E-state index is 0.0258. The van der Waals surface area contributed by atoms with Crippen molar-refractivity contribution < 1.29 is 23.7 Å². The molecule has 0 aromatic carbocycles. The van der Waals surface area contributed by atoms with Gasteiger partial charge in [0.25, 0.3) is 0 Å². The zero-order valence-electron chi connectivity index (χ0n) is 21.9. The zero-order valence-corrected chi connectivity index (χ0v) is 22.9. The Hall–Kier alpha value is -0.763. The van der Waals surface area contributed by atoms with Crippen LogP contribution in [0, 0.1) is 11.8 Å². The second-order valence-corrected chi connectivity index (χ2v) is 13.5. The molecule has 0 saturated heterocycles. The molecule has 0 aliphatic rings. The van der Waals surface area contributed by atoms with E-state index in [-0.39, 0.29) is 43.5 Å². The highest BCUT2D eigenvalue weighted by Crippen LogP contribution is 2.32. The molecule has 5 nitrogen and oxygen atoms in total. The van der Waals surface area contributed by atoms with Gasteiger partial charge in [-0.3, -0.25) is 0 Å². The van der Waals surface area contributed by atoms with Crippen molar-refractivity contribution in [3.8, 4) is 0 Å². The number of rotatable bonds is 19. The number of hydrogen-bond donors (Lipinski definition) is 1. The maximum Gasteiger partial charge on any atom is 0.192 e. The summed E-state index contributed by atoms with van der Waals surface area (Å²) in [5.74, 6) is 0.0995. The first-order valence-corrected chi connectivity index (χ1v) is 14.7. The van der Waals surface area contributed by atoms with Crippen LogP contribution in [-0.4, -0.2) is 59.4 Å². The Morgan fingerprint density at radius 3 is 2.16 bits per heavy atom. The second kappa shape index (κ2) is 17.7. The summed E-state index contributed by atoms with van der Waals surface area (Å²) < 4.78 is 24.3. The molecular weight excluding hydrogens is 420 g/mol. The molecule has 0 bridgehead atoms. The average Bonchev–Trinajstić information content (AvgIpc) is 2.81. The van der Waals surface area contributed by atoms with E-state index in [0.717, 1.165) is 36.5 Å². The fraction of sp³-hybridized carbons (Fsp3) is 0.769. The summed E-state index contributed by atoms with van der Waals surface area (Å²) >= 11 is 0. The van der Waals surface area contributed by atoms with Crippen LogP contribution in [0.5, 0.6) is 0 Å². The molecule has 0 aliphatic carbocycles. The van der Waals surface area contributed by atoms with E-state index in [2.05, 4.69) is 59.4 Å². The number of aliphatic hydroxyl groups is 1. The van der Waals surface area contributed by atoms with Crippen LogP contribution in [-0.2, 0) is 18.6 Å². The van der Waals surface area contributed by atoms with E-state index in [9.17, 15) is 5.11 Å². The predicted molar refractivity (Wildman–Crippen MR) is 137 cm³/mol. The quantitative estimate of drug-likeness (QED) is 0.107. The van der Waals surface area contributed by atoms with Crippen LogP contribution in [0.1, 0.15) is 54.4 Å². The SMILES string of the molecule is C=CCC/C=C/C(OC)[C@@H](OCOC)[C@H](C)[C@H](O[Si](CC)(CC)CC)/C(C)=C/[C@H](C)CO. The van der Waals surface area contributed by atoms with Gasteiger partial charge in [-0.1, -0.05) is 58.9 Å². The van der Waals surface area contributed by atoms with Gasteiger partial charge in [0.15, 0.2) is 8.32 Å². The summed E-state index contributed by atoms with van der Waals surface area (Å²) in [5.41, 5.74) is 1.14. The Kier molecular flexibility index (Phi) is 17.3. The second-order valence-electron chi connectivity index (χ2n) is 8.74. The van der Waals surface area contributed by atoms with Crippen LogP contribution >= 0.6 is 0 Å². The van der Waals surface area contributed by atoms with Crippen molar-refractivity contribution >= 4 is 8.32 Å². The third kappa shape index (κ3) is 10.4. The highest BCUT2D eigenvalue weighted by molar-refractivity contribution is 6.73. The summed E-state index contributed by atoms with van der Waals surface area (Å²) in [7, 11) is 1.46. The third-order valence-electron chi connectivity index (χ3n) is 6.43. The van der Waals surface area contributed by atoms with Crippen molar-refractivity contribution in [2.45, 2.75) is 90.8 Å². The van der Waals surface area contributed by atoms with Gasteiger partial charge in [-0.15, -0.1) is 6.58 Å². The van der Waals surface area contributed by atoms with E-state index >= 15 is 0 Å². The molecule has 0 aliphatic heterocycles. The summed E-state index contributed by atoms with van der Waals surface area (Å²) in [6.45, 7) is 17.1. The van der Waals surface area contributed by atoms with Crippen LogP contribution in [0.3, 0.4) is 0 Å². The Labute approximate surface area is 199 Å². The largest absolute Gasteiger partial charge is 0.410 e. The van der Waals surface area contributed by atoms with E-state index < -0.39 is 8.32 Å². The molecule has 0 rings (SSSR count). The first kappa shape index (κ1) is 31.2. The number of allylic oxidation sites excluding steroid dienone is 2. The lowest BCUT2D eigenvalue weighted by atomic mass is 9.88. The fourth-order valence-electron chi connectivity index (χ4n) is 4.11. The van der Waals surface area contributed by atoms with Crippen LogP contribution in [0.4, 0.5) is 0 Å². The van der Waals surface area contributed by atoms with E-state index in [1.165, 1.54) is 0 Å². The molecule has 1 N–H and O–H groups in total. The zero-order chi connectivity index (χ0) is 24.6. The monoisotopic (exact) mass is 470 g/mol. The molecule has 0 aromatic heterocycles. The van der Waals surface area contributed by atoms with Crippen molar-refractivity contribution in [3.05, 3.63) is 36.5 Å². The molecule has 0 aromatic rings.